The Bertz CT molecular complexity index is 1690. The topological polar surface area (TPSA) is 138 Å². The van der Waals surface area contributed by atoms with Gasteiger partial charge < -0.3 is 30.1 Å². The molecule has 2 aromatic carbocycles. The van der Waals surface area contributed by atoms with Gasteiger partial charge in [0, 0.05) is 44.0 Å². The molecule has 0 fully saturated rings. The lowest BCUT2D eigenvalue weighted by molar-refractivity contribution is -0.137. The SMILES string of the molecule is C[C@@H]1CCCCO[C@@H](CN(C)S(=O)(=O)c2cccs2)[C@H](C)CN([C@@H](C)CO)C(=O)c2cc(NC(=O)Nc3ccc(C(F)(F)F)cc3)ccc2O1. The molecule has 0 unspecified atom stereocenters. The van der Waals surface area contributed by atoms with Gasteiger partial charge in [-0.15, -0.1) is 11.3 Å². The number of hydrogen-bond donors (Lipinski definition) is 3. The Balaban J connectivity index is 1.60. The number of amides is 3. The fourth-order valence-electron chi connectivity index (χ4n) is 5.41. The Labute approximate surface area is 294 Å². The highest BCUT2D eigenvalue weighted by Crippen LogP contribution is 2.31. The number of nitrogens with one attached hydrogen (secondary N) is 2. The number of ether oxygens (including phenoxy) is 2. The van der Waals surface area contributed by atoms with E-state index < -0.39 is 45.8 Å². The number of anilines is 2. The normalized spacial score (nSPS) is 20.4. The summed E-state index contributed by atoms with van der Waals surface area (Å²) >= 11 is 1.12. The van der Waals surface area contributed by atoms with Gasteiger partial charge in [-0.2, -0.15) is 17.5 Å². The molecular formula is C34H43F3N4O7S2. The van der Waals surface area contributed by atoms with Crippen molar-refractivity contribution < 1.29 is 45.8 Å². The predicted octanol–water partition coefficient (Wildman–Crippen LogP) is 6.53. The van der Waals surface area contributed by atoms with Crippen molar-refractivity contribution in [1.82, 2.24) is 9.21 Å². The third-order valence-electron chi connectivity index (χ3n) is 8.38. The minimum Gasteiger partial charge on any atom is -0.490 e. The molecule has 274 valence electrons. The highest BCUT2D eigenvalue weighted by Gasteiger charge is 2.33. The molecule has 0 radical (unpaired) electrons. The van der Waals surface area contributed by atoms with Gasteiger partial charge in [-0.1, -0.05) is 13.0 Å². The van der Waals surface area contributed by atoms with E-state index in [9.17, 15) is 36.3 Å². The number of likely N-dealkylation sites (N-methyl/N-ethyl adjacent to an activating group) is 1. The molecule has 2 heterocycles. The first-order chi connectivity index (χ1) is 23.6. The van der Waals surface area contributed by atoms with Crippen LogP contribution in [0.2, 0.25) is 0 Å². The average molecular weight is 741 g/mol. The van der Waals surface area contributed by atoms with Gasteiger partial charge in [0.05, 0.1) is 36.0 Å². The van der Waals surface area contributed by atoms with Gasteiger partial charge in [0.1, 0.15) is 9.96 Å². The van der Waals surface area contributed by atoms with Crippen molar-refractivity contribution in [1.29, 1.82) is 0 Å². The lowest BCUT2D eigenvalue weighted by Gasteiger charge is -2.35. The molecule has 1 aliphatic rings. The summed E-state index contributed by atoms with van der Waals surface area (Å²) in [6.45, 7) is 5.55. The van der Waals surface area contributed by atoms with E-state index in [1.165, 1.54) is 22.3 Å². The number of benzene rings is 2. The number of aliphatic hydroxyl groups excluding tert-OH is 1. The number of fused-ring (bicyclic) bond motifs is 1. The van der Waals surface area contributed by atoms with Crippen LogP contribution in [-0.2, 0) is 20.9 Å². The van der Waals surface area contributed by atoms with Gasteiger partial charge in [0.15, 0.2) is 0 Å². The van der Waals surface area contributed by atoms with Gasteiger partial charge in [0.25, 0.3) is 15.9 Å². The zero-order valence-corrected chi connectivity index (χ0v) is 29.9. The van der Waals surface area contributed by atoms with Crippen molar-refractivity contribution >= 4 is 44.7 Å². The predicted molar refractivity (Wildman–Crippen MR) is 185 cm³/mol. The number of carbonyl (C=O) groups is 2. The smallest absolute Gasteiger partial charge is 0.416 e. The van der Waals surface area contributed by atoms with Crippen LogP contribution in [0.15, 0.2) is 64.2 Å². The van der Waals surface area contributed by atoms with Crippen LogP contribution in [-0.4, -0.2) is 86.3 Å². The van der Waals surface area contributed by atoms with Gasteiger partial charge >= 0.3 is 12.2 Å². The average Bonchev–Trinajstić information content (AvgIpc) is 3.62. The second kappa shape index (κ2) is 17.0. The molecule has 0 saturated heterocycles. The number of nitrogens with zero attached hydrogens (tertiary/aromatic N) is 2. The fourth-order valence-corrected chi connectivity index (χ4v) is 7.80. The summed E-state index contributed by atoms with van der Waals surface area (Å²) in [5, 5.41) is 17.0. The number of halogens is 3. The van der Waals surface area contributed by atoms with Gasteiger partial charge in [-0.25, -0.2) is 13.2 Å². The monoisotopic (exact) mass is 740 g/mol. The van der Waals surface area contributed by atoms with Crippen molar-refractivity contribution in [2.24, 2.45) is 5.92 Å². The van der Waals surface area contributed by atoms with E-state index in [-0.39, 0.29) is 58.6 Å². The number of carbonyl (C=O) groups excluding carboxylic acids is 2. The quantitative estimate of drug-likeness (QED) is 0.239. The number of sulfonamides is 1. The Morgan fingerprint density at radius 2 is 1.78 bits per heavy atom. The van der Waals surface area contributed by atoms with E-state index in [4.69, 9.17) is 9.47 Å². The number of hydrogen-bond acceptors (Lipinski definition) is 8. The number of alkyl halides is 3. The first kappa shape index (κ1) is 39.1. The third kappa shape index (κ3) is 10.2. The van der Waals surface area contributed by atoms with Gasteiger partial charge in [-0.3, -0.25) is 4.79 Å². The standard InChI is InChI=1S/C34H43F3N4O7S2/c1-22-19-41(23(2)21-42)32(43)28-18-27(39-33(44)38-26-12-10-25(11-13-26)34(35,36)37)14-15-29(28)48-24(3)8-5-6-16-47-30(22)20-40(4)50(45,46)31-9-7-17-49-31/h7,9-15,17-18,22-24,30,42H,5-6,8,16,19-21H2,1-4H3,(H2,38,39,44)/t22-,23+,24-,30+/m1/s1. The Hall–Kier alpha value is -3.70. The molecule has 3 amide bonds. The van der Waals surface area contributed by atoms with Crippen LogP contribution < -0.4 is 15.4 Å². The molecule has 0 bridgehead atoms. The number of thiophene rings is 1. The number of aliphatic hydroxyl groups is 1. The van der Waals surface area contributed by atoms with Crippen molar-refractivity contribution in [2.45, 2.75) is 68.7 Å². The summed E-state index contributed by atoms with van der Waals surface area (Å²) in [6.07, 6.45) is -3.34. The summed E-state index contributed by atoms with van der Waals surface area (Å²) in [7, 11) is -2.27. The Kier molecular flexibility index (Phi) is 13.3. The Morgan fingerprint density at radius 1 is 1.10 bits per heavy atom. The summed E-state index contributed by atoms with van der Waals surface area (Å²) < 4.78 is 79.2. The molecule has 3 N–H and O–H groups in total. The third-order valence-corrected chi connectivity index (χ3v) is 11.6. The van der Waals surface area contributed by atoms with Crippen LogP contribution in [0.1, 0.15) is 56.0 Å². The van der Waals surface area contributed by atoms with Crippen LogP contribution in [0, 0.1) is 5.92 Å². The van der Waals surface area contributed by atoms with E-state index in [0.29, 0.717) is 19.4 Å². The lowest BCUT2D eigenvalue weighted by Crippen LogP contribution is -2.48. The summed E-state index contributed by atoms with van der Waals surface area (Å²) in [5.74, 6) is -0.607. The van der Waals surface area contributed by atoms with Crippen molar-refractivity contribution in [3.05, 3.63) is 71.1 Å². The van der Waals surface area contributed by atoms with Crippen LogP contribution in [0.4, 0.5) is 29.3 Å². The van der Waals surface area contributed by atoms with Gasteiger partial charge in [-0.05, 0) is 87.0 Å². The molecular weight excluding hydrogens is 698 g/mol. The molecule has 16 heteroatoms. The highest BCUT2D eigenvalue weighted by molar-refractivity contribution is 7.91. The summed E-state index contributed by atoms with van der Waals surface area (Å²) in [6, 6.07) is 10.3. The maximum atomic E-state index is 14.3. The van der Waals surface area contributed by atoms with Crippen molar-refractivity contribution in [3.63, 3.8) is 0 Å². The highest BCUT2D eigenvalue weighted by atomic mass is 32.2. The van der Waals surface area contributed by atoms with Crippen LogP contribution >= 0.6 is 11.3 Å². The Morgan fingerprint density at radius 3 is 2.42 bits per heavy atom. The molecule has 3 aromatic rings. The second-order valence-electron chi connectivity index (χ2n) is 12.4. The van der Waals surface area contributed by atoms with Crippen LogP contribution in [0.25, 0.3) is 0 Å². The van der Waals surface area contributed by atoms with E-state index in [1.807, 2.05) is 13.8 Å². The van der Waals surface area contributed by atoms with E-state index >= 15 is 0 Å². The van der Waals surface area contributed by atoms with Crippen molar-refractivity contribution in [3.8, 4) is 5.75 Å². The number of rotatable bonds is 8. The molecule has 0 spiro atoms. The molecule has 0 aliphatic carbocycles. The summed E-state index contributed by atoms with van der Waals surface area (Å²) in [4.78, 5) is 28.6. The molecule has 11 nitrogen and oxygen atoms in total. The zero-order valence-electron chi connectivity index (χ0n) is 28.3. The fraction of sp³-hybridized carbons (Fsp3) is 0.471. The minimum atomic E-state index is -4.52. The first-order valence-corrected chi connectivity index (χ1v) is 18.5. The molecule has 4 atom stereocenters. The zero-order chi connectivity index (χ0) is 36.6. The lowest BCUT2D eigenvalue weighted by atomic mass is 10.0. The molecule has 50 heavy (non-hydrogen) atoms. The van der Waals surface area contributed by atoms with Crippen LogP contribution in [0.5, 0.6) is 5.75 Å². The maximum absolute atomic E-state index is 14.3. The molecule has 1 aromatic heterocycles. The summed E-state index contributed by atoms with van der Waals surface area (Å²) in [5.41, 5.74) is -0.398. The molecule has 1 aliphatic heterocycles. The number of urea groups is 1. The van der Waals surface area contributed by atoms with E-state index in [2.05, 4.69) is 10.6 Å². The van der Waals surface area contributed by atoms with E-state index in [0.717, 1.165) is 42.0 Å². The van der Waals surface area contributed by atoms with Crippen LogP contribution in [0.3, 0.4) is 0 Å². The van der Waals surface area contributed by atoms with E-state index in [1.54, 1.807) is 36.6 Å². The van der Waals surface area contributed by atoms with Crippen molar-refractivity contribution in [2.75, 3.05) is 44.0 Å². The molecule has 0 saturated carbocycles. The largest absolute Gasteiger partial charge is 0.490 e. The molecule has 4 rings (SSSR count). The second-order valence-corrected chi connectivity index (χ2v) is 15.6. The first-order valence-electron chi connectivity index (χ1n) is 16.2. The minimum absolute atomic E-state index is 0.0369. The van der Waals surface area contributed by atoms with Gasteiger partial charge in [0.2, 0.25) is 0 Å². The maximum Gasteiger partial charge on any atom is 0.416 e.